The molecule has 3 aromatic rings. The normalized spacial score (nSPS) is 10.4. The standard InChI is InChI=1S/C22H24N2O4S/c1-15-14-29-22(24-15)17-5-7-18(8-6-17)28-13-21(25)23-11-10-16-4-9-19(26-2)20(12-16)27-3/h4-9,12,14H,10-11,13H2,1-3H3,(H,23,25). The number of hydrogen-bond acceptors (Lipinski definition) is 6. The van der Waals surface area contributed by atoms with Gasteiger partial charge in [-0.05, 0) is 55.3 Å². The zero-order valence-electron chi connectivity index (χ0n) is 16.7. The Bertz CT molecular complexity index is 954. The van der Waals surface area contributed by atoms with Crippen LogP contribution in [0.4, 0.5) is 0 Å². The van der Waals surface area contributed by atoms with Gasteiger partial charge in [0.2, 0.25) is 0 Å². The molecule has 0 spiro atoms. The van der Waals surface area contributed by atoms with E-state index in [4.69, 9.17) is 14.2 Å². The Labute approximate surface area is 174 Å². The molecule has 0 saturated carbocycles. The minimum Gasteiger partial charge on any atom is -0.493 e. The maximum atomic E-state index is 12.0. The van der Waals surface area contributed by atoms with Crippen molar-refractivity contribution in [3.63, 3.8) is 0 Å². The third-order valence-electron chi connectivity index (χ3n) is 4.27. The third kappa shape index (κ3) is 5.71. The number of aromatic nitrogens is 1. The molecule has 6 nitrogen and oxygen atoms in total. The van der Waals surface area contributed by atoms with Crippen molar-refractivity contribution in [1.82, 2.24) is 10.3 Å². The average molecular weight is 413 g/mol. The summed E-state index contributed by atoms with van der Waals surface area (Å²) in [4.78, 5) is 16.5. The largest absolute Gasteiger partial charge is 0.493 e. The molecule has 2 aromatic carbocycles. The first-order valence-electron chi connectivity index (χ1n) is 9.22. The predicted octanol–water partition coefficient (Wildman–Crippen LogP) is 3.87. The number of hydrogen-bond donors (Lipinski definition) is 1. The second-order valence-corrected chi connectivity index (χ2v) is 7.25. The molecule has 0 saturated heterocycles. The minimum absolute atomic E-state index is 0.0262. The van der Waals surface area contributed by atoms with E-state index in [9.17, 15) is 4.79 Å². The molecule has 0 fully saturated rings. The van der Waals surface area contributed by atoms with Crippen molar-refractivity contribution in [3.8, 4) is 27.8 Å². The van der Waals surface area contributed by atoms with Crippen molar-refractivity contribution >= 4 is 17.2 Å². The summed E-state index contributed by atoms with van der Waals surface area (Å²) in [6.45, 7) is 2.46. The Hall–Kier alpha value is -3.06. The van der Waals surface area contributed by atoms with Gasteiger partial charge in [-0.1, -0.05) is 6.07 Å². The molecular formula is C22H24N2O4S. The van der Waals surface area contributed by atoms with E-state index in [-0.39, 0.29) is 12.5 Å². The average Bonchev–Trinajstić information content (AvgIpc) is 3.18. The molecule has 7 heteroatoms. The number of amides is 1. The molecule has 0 unspecified atom stereocenters. The first kappa shape index (κ1) is 20.7. The van der Waals surface area contributed by atoms with E-state index in [1.54, 1.807) is 25.6 Å². The summed E-state index contributed by atoms with van der Waals surface area (Å²) in [6, 6.07) is 13.3. The lowest BCUT2D eigenvalue weighted by Gasteiger charge is -2.10. The van der Waals surface area contributed by atoms with Gasteiger partial charge in [0.05, 0.1) is 14.2 Å². The SMILES string of the molecule is COc1ccc(CCNC(=O)COc2ccc(-c3nc(C)cs3)cc2)cc1OC. The highest BCUT2D eigenvalue weighted by Crippen LogP contribution is 2.27. The number of carbonyl (C=O) groups excluding carboxylic acids is 1. The molecule has 1 aromatic heterocycles. The van der Waals surface area contributed by atoms with Crippen molar-refractivity contribution in [2.75, 3.05) is 27.4 Å². The Kier molecular flexibility index (Phi) is 7.08. The maximum Gasteiger partial charge on any atom is 0.257 e. The molecule has 152 valence electrons. The molecule has 0 aliphatic rings. The van der Waals surface area contributed by atoms with Gasteiger partial charge >= 0.3 is 0 Å². The summed E-state index contributed by atoms with van der Waals surface area (Å²) in [5.41, 5.74) is 3.10. The van der Waals surface area contributed by atoms with Crippen LogP contribution in [-0.2, 0) is 11.2 Å². The van der Waals surface area contributed by atoms with Crippen LogP contribution < -0.4 is 19.5 Å². The van der Waals surface area contributed by atoms with Crippen LogP contribution in [0.2, 0.25) is 0 Å². The first-order valence-corrected chi connectivity index (χ1v) is 10.1. The summed E-state index contributed by atoms with van der Waals surface area (Å²) in [5, 5.41) is 5.86. The van der Waals surface area contributed by atoms with Crippen molar-refractivity contribution in [2.45, 2.75) is 13.3 Å². The minimum atomic E-state index is -0.162. The number of ether oxygens (including phenoxy) is 3. The molecule has 3 rings (SSSR count). The lowest BCUT2D eigenvalue weighted by atomic mass is 10.1. The van der Waals surface area contributed by atoms with Gasteiger partial charge in [-0.15, -0.1) is 11.3 Å². The topological polar surface area (TPSA) is 69.7 Å². The molecule has 1 heterocycles. The monoisotopic (exact) mass is 412 g/mol. The van der Waals surface area contributed by atoms with E-state index in [1.807, 2.05) is 54.8 Å². The lowest BCUT2D eigenvalue weighted by Crippen LogP contribution is -2.30. The van der Waals surface area contributed by atoms with Gasteiger partial charge in [-0.3, -0.25) is 4.79 Å². The smallest absolute Gasteiger partial charge is 0.257 e. The van der Waals surface area contributed by atoms with Gasteiger partial charge in [0.1, 0.15) is 10.8 Å². The Morgan fingerprint density at radius 3 is 2.48 bits per heavy atom. The van der Waals surface area contributed by atoms with E-state index in [2.05, 4.69) is 10.3 Å². The molecule has 29 heavy (non-hydrogen) atoms. The van der Waals surface area contributed by atoms with Crippen LogP contribution in [-0.4, -0.2) is 38.3 Å². The number of nitrogens with zero attached hydrogens (tertiary/aromatic N) is 1. The van der Waals surface area contributed by atoms with E-state index < -0.39 is 0 Å². The van der Waals surface area contributed by atoms with Crippen molar-refractivity contribution in [1.29, 1.82) is 0 Å². The number of benzene rings is 2. The summed E-state index contributed by atoms with van der Waals surface area (Å²) < 4.78 is 16.1. The van der Waals surface area contributed by atoms with E-state index in [0.717, 1.165) is 21.8 Å². The highest BCUT2D eigenvalue weighted by molar-refractivity contribution is 7.13. The van der Waals surface area contributed by atoms with Crippen LogP contribution >= 0.6 is 11.3 Å². The van der Waals surface area contributed by atoms with Gasteiger partial charge in [0.15, 0.2) is 18.1 Å². The van der Waals surface area contributed by atoms with Gasteiger partial charge in [-0.25, -0.2) is 4.98 Å². The molecule has 1 amide bonds. The molecule has 0 radical (unpaired) electrons. The summed E-state index contributed by atoms with van der Waals surface area (Å²) in [6.07, 6.45) is 0.689. The van der Waals surface area contributed by atoms with Crippen LogP contribution in [0.1, 0.15) is 11.3 Å². The quantitative estimate of drug-likeness (QED) is 0.578. The number of carbonyl (C=O) groups is 1. The zero-order valence-corrected chi connectivity index (χ0v) is 17.5. The van der Waals surface area contributed by atoms with Crippen LogP contribution in [0.3, 0.4) is 0 Å². The van der Waals surface area contributed by atoms with Crippen LogP contribution in [0.5, 0.6) is 17.2 Å². The Morgan fingerprint density at radius 1 is 1.07 bits per heavy atom. The van der Waals surface area contributed by atoms with E-state index >= 15 is 0 Å². The van der Waals surface area contributed by atoms with Crippen molar-refractivity contribution in [3.05, 3.63) is 59.1 Å². The second-order valence-electron chi connectivity index (χ2n) is 6.40. The Balaban J connectivity index is 1.43. The number of nitrogens with one attached hydrogen (secondary N) is 1. The van der Waals surface area contributed by atoms with Crippen LogP contribution in [0, 0.1) is 6.92 Å². The van der Waals surface area contributed by atoms with E-state index in [1.165, 1.54) is 0 Å². The summed E-state index contributed by atoms with van der Waals surface area (Å²) in [5.74, 6) is 1.85. The summed E-state index contributed by atoms with van der Waals surface area (Å²) in [7, 11) is 3.20. The fourth-order valence-electron chi connectivity index (χ4n) is 2.76. The van der Waals surface area contributed by atoms with Crippen molar-refractivity contribution < 1.29 is 19.0 Å². The van der Waals surface area contributed by atoms with Gasteiger partial charge in [0.25, 0.3) is 5.91 Å². The molecular weight excluding hydrogens is 388 g/mol. The van der Waals surface area contributed by atoms with E-state index in [0.29, 0.717) is 30.2 Å². The number of rotatable bonds is 9. The molecule has 0 bridgehead atoms. The fourth-order valence-corrected chi connectivity index (χ4v) is 3.57. The van der Waals surface area contributed by atoms with Gasteiger partial charge < -0.3 is 19.5 Å². The third-order valence-corrected chi connectivity index (χ3v) is 5.28. The van der Waals surface area contributed by atoms with Gasteiger partial charge in [0, 0.05) is 23.2 Å². The Morgan fingerprint density at radius 2 is 1.83 bits per heavy atom. The predicted molar refractivity (Wildman–Crippen MR) is 114 cm³/mol. The van der Waals surface area contributed by atoms with Crippen molar-refractivity contribution in [2.24, 2.45) is 0 Å². The lowest BCUT2D eigenvalue weighted by molar-refractivity contribution is -0.123. The van der Waals surface area contributed by atoms with Crippen LogP contribution in [0.25, 0.3) is 10.6 Å². The number of aryl methyl sites for hydroxylation is 1. The zero-order chi connectivity index (χ0) is 20.6. The fraction of sp³-hybridized carbons (Fsp3) is 0.273. The highest BCUT2D eigenvalue weighted by Gasteiger charge is 2.07. The highest BCUT2D eigenvalue weighted by atomic mass is 32.1. The molecule has 0 aliphatic heterocycles. The first-order chi connectivity index (χ1) is 14.1. The molecule has 1 N–H and O–H groups in total. The second kappa shape index (κ2) is 9.93. The van der Waals surface area contributed by atoms with Crippen LogP contribution in [0.15, 0.2) is 47.8 Å². The number of thiazole rings is 1. The number of methoxy groups -OCH3 is 2. The summed E-state index contributed by atoms with van der Waals surface area (Å²) >= 11 is 1.61. The molecule has 0 aliphatic carbocycles. The maximum absolute atomic E-state index is 12.0. The van der Waals surface area contributed by atoms with Gasteiger partial charge in [-0.2, -0.15) is 0 Å². The molecule has 0 atom stereocenters.